The van der Waals surface area contributed by atoms with E-state index in [1.54, 1.807) is 17.3 Å². The SMILES string of the molecule is CCN(C(=O)C(C)Sc1nnc(-c2ccncc2)n1Cc1ccccc1)c1ccccc1. The lowest BCUT2D eigenvalue weighted by atomic mass is 10.2. The van der Waals surface area contributed by atoms with Gasteiger partial charge in [-0.3, -0.25) is 14.3 Å². The van der Waals surface area contributed by atoms with Gasteiger partial charge < -0.3 is 4.90 Å². The average Bonchev–Trinajstić information content (AvgIpc) is 3.23. The minimum Gasteiger partial charge on any atom is -0.312 e. The van der Waals surface area contributed by atoms with Gasteiger partial charge in [0.15, 0.2) is 11.0 Å². The third-order valence-corrected chi connectivity index (χ3v) is 6.19. The number of amides is 1. The Balaban J connectivity index is 1.62. The standard InChI is InChI=1S/C25H25N5OS/c1-3-29(22-12-8-5-9-13-22)24(31)19(2)32-25-28-27-23(21-14-16-26-17-15-21)30(25)18-20-10-6-4-7-11-20/h4-17,19H,3,18H2,1-2H3. The number of thioether (sulfide) groups is 1. The molecule has 0 aliphatic heterocycles. The molecule has 0 saturated carbocycles. The van der Waals surface area contributed by atoms with E-state index in [9.17, 15) is 4.79 Å². The van der Waals surface area contributed by atoms with Gasteiger partial charge in [0.05, 0.1) is 11.8 Å². The van der Waals surface area contributed by atoms with E-state index in [4.69, 9.17) is 0 Å². The topological polar surface area (TPSA) is 63.9 Å². The van der Waals surface area contributed by atoms with E-state index >= 15 is 0 Å². The summed E-state index contributed by atoms with van der Waals surface area (Å²) in [5.41, 5.74) is 2.98. The van der Waals surface area contributed by atoms with E-state index in [0.29, 0.717) is 18.2 Å². The van der Waals surface area contributed by atoms with Gasteiger partial charge in [0.1, 0.15) is 0 Å². The van der Waals surface area contributed by atoms with Gasteiger partial charge >= 0.3 is 0 Å². The maximum Gasteiger partial charge on any atom is 0.240 e. The van der Waals surface area contributed by atoms with Crippen molar-refractivity contribution in [2.75, 3.05) is 11.4 Å². The number of carbonyl (C=O) groups excluding carboxylic acids is 1. The number of para-hydroxylation sites is 1. The van der Waals surface area contributed by atoms with Crippen LogP contribution in [0, 0.1) is 0 Å². The molecule has 0 spiro atoms. The van der Waals surface area contributed by atoms with Crippen LogP contribution in [0.5, 0.6) is 0 Å². The highest BCUT2D eigenvalue weighted by molar-refractivity contribution is 8.00. The molecule has 0 aliphatic rings. The maximum atomic E-state index is 13.3. The number of pyridine rings is 1. The monoisotopic (exact) mass is 443 g/mol. The van der Waals surface area contributed by atoms with Crippen LogP contribution in [0.3, 0.4) is 0 Å². The number of hydrogen-bond acceptors (Lipinski definition) is 5. The zero-order valence-electron chi connectivity index (χ0n) is 18.1. The zero-order valence-corrected chi connectivity index (χ0v) is 18.9. The Morgan fingerprint density at radius 1 is 0.969 bits per heavy atom. The fraction of sp³-hybridized carbons (Fsp3) is 0.200. The lowest BCUT2D eigenvalue weighted by molar-refractivity contribution is -0.117. The first-order chi connectivity index (χ1) is 15.7. The summed E-state index contributed by atoms with van der Waals surface area (Å²) in [5.74, 6) is 0.803. The van der Waals surface area contributed by atoms with Crippen LogP contribution in [-0.2, 0) is 11.3 Å². The van der Waals surface area contributed by atoms with Crippen molar-refractivity contribution in [3.63, 3.8) is 0 Å². The van der Waals surface area contributed by atoms with Crippen LogP contribution in [-0.4, -0.2) is 37.5 Å². The molecule has 6 nitrogen and oxygen atoms in total. The van der Waals surface area contributed by atoms with Crippen molar-refractivity contribution in [3.05, 3.63) is 90.8 Å². The summed E-state index contributed by atoms with van der Waals surface area (Å²) in [6.45, 7) is 5.13. The molecule has 2 heterocycles. The van der Waals surface area contributed by atoms with Crippen molar-refractivity contribution >= 4 is 23.4 Å². The average molecular weight is 444 g/mol. The predicted molar refractivity (Wildman–Crippen MR) is 129 cm³/mol. The molecule has 1 atom stereocenters. The van der Waals surface area contributed by atoms with E-state index in [0.717, 1.165) is 22.6 Å². The molecule has 0 fully saturated rings. The lowest BCUT2D eigenvalue weighted by Gasteiger charge is -2.24. The number of nitrogens with zero attached hydrogens (tertiary/aromatic N) is 5. The van der Waals surface area contributed by atoms with E-state index in [2.05, 4.69) is 31.9 Å². The first-order valence-electron chi connectivity index (χ1n) is 10.6. The molecule has 7 heteroatoms. The highest BCUT2D eigenvalue weighted by Crippen LogP contribution is 2.29. The van der Waals surface area contributed by atoms with Gasteiger partial charge in [-0.05, 0) is 43.7 Å². The molecular formula is C25H25N5OS. The van der Waals surface area contributed by atoms with Crippen molar-refractivity contribution < 1.29 is 4.79 Å². The minimum atomic E-state index is -0.320. The van der Waals surface area contributed by atoms with Crippen molar-refractivity contribution in [1.82, 2.24) is 19.7 Å². The molecule has 0 saturated heterocycles. The fourth-order valence-corrected chi connectivity index (χ4v) is 4.41. The van der Waals surface area contributed by atoms with Gasteiger partial charge in [0, 0.05) is 30.2 Å². The molecule has 1 unspecified atom stereocenters. The summed E-state index contributed by atoms with van der Waals surface area (Å²) < 4.78 is 2.07. The first-order valence-corrected chi connectivity index (χ1v) is 11.5. The van der Waals surface area contributed by atoms with Gasteiger partial charge in [-0.25, -0.2) is 0 Å². The van der Waals surface area contributed by atoms with Gasteiger partial charge in [0.25, 0.3) is 0 Å². The molecule has 2 aromatic carbocycles. The number of anilines is 1. The molecule has 4 rings (SSSR count). The summed E-state index contributed by atoms with van der Waals surface area (Å²) in [6.07, 6.45) is 3.49. The van der Waals surface area contributed by atoms with Gasteiger partial charge in [0.2, 0.25) is 5.91 Å². The Labute approximate surface area is 192 Å². The van der Waals surface area contributed by atoms with Crippen molar-refractivity contribution in [3.8, 4) is 11.4 Å². The smallest absolute Gasteiger partial charge is 0.240 e. The first kappa shape index (κ1) is 21.8. The number of hydrogen-bond donors (Lipinski definition) is 0. The second-order valence-corrected chi connectivity index (χ2v) is 8.60. The normalized spacial score (nSPS) is 11.8. The lowest BCUT2D eigenvalue weighted by Crippen LogP contribution is -2.36. The predicted octanol–water partition coefficient (Wildman–Crippen LogP) is 4.92. The molecule has 162 valence electrons. The van der Waals surface area contributed by atoms with E-state index < -0.39 is 0 Å². The fourth-order valence-electron chi connectivity index (χ4n) is 3.50. The van der Waals surface area contributed by atoms with Crippen LogP contribution in [0.2, 0.25) is 0 Å². The summed E-state index contributed by atoms with van der Waals surface area (Å²) in [5, 5.41) is 9.30. The summed E-state index contributed by atoms with van der Waals surface area (Å²) >= 11 is 1.43. The Bertz CT molecular complexity index is 1150. The van der Waals surface area contributed by atoms with Crippen molar-refractivity contribution in [2.24, 2.45) is 0 Å². The van der Waals surface area contributed by atoms with Crippen LogP contribution >= 0.6 is 11.8 Å². The van der Waals surface area contributed by atoms with Gasteiger partial charge in [-0.15, -0.1) is 10.2 Å². The molecule has 0 bridgehead atoms. The van der Waals surface area contributed by atoms with E-state index in [-0.39, 0.29) is 11.2 Å². The van der Waals surface area contributed by atoms with Crippen molar-refractivity contribution in [2.45, 2.75) is 30.8 Å². The minimum absolute atomic E-state index is 0.0448. The molecule has 0 aliphatic carbocycles. The number of carbonyl (C=O) groups is 1. The van der Waals surface area contributed by atoms with Crippen LogP contribution in [0.25, 0.3) is 11.4 Å². The van der Waals surface area contributed by atoms with E-state index in [1.807, 2.05) is 74.5 Å². The third kappa shape index (κ3) is 4.89. The Morgan fingerprint density at radius 2 is 1.62 bits per heavy atom. The Hall–Kier alpha value is -3.45. The summed E-state index contributed by atoms with van der Waals surface area (Å²) in [6, 6.07) is 23.8. The summed E-state index contributed by atoms with van der Waals surface area (Å²) in [7, 11) is 0. The van der Waals surface area contributed by atoms with Crippen LogP contribution in [0.15, 0.2) is 90.3 Å². The van der Waals surface area contributed by atoms with Gasteiger partial charge in [-0.2, -0.15) is 0 Å². The zero-order chi connectivity index (χ0) is 22.3. The number of benzene rings is 2. The molecule has 0 radical (unpaired) electrons. The molecule has 2 aromatic heterocycles. The number of aromatic nitrogens is 4. The highest BCUT2D eigenvalue weighted by atomic mass is 32.2. The highest BCUT2D eigenvalue weighted by Gasteiger charge is 2.25. The third-order valence-electron chi connectivity index (χ3n) is 5.12. The largest absolute Gasteiger partial charge is 0.312 e. The second kappa shape index (κ2) is 10.2. The Kier molecular flexibility index (Phi) is 6.97. The maximum absolute atomic E-state index is 13.3. The van der Waals surface area contributed by atoms with Crippen molar-refractivity contribution in [1.29, 1.82) is 0 Å². The molecule has 1 amide bonds. The van der Waals surface area contributed by atoms with Crippen LogP contribution in [0.4, 0.5) is 5.69 Å². The van der Waals surface area contributed by atoms with Crippen LogP contribution in [0.1, 0.15) is 19.4 Å². The molecule has 32 heavy (non-hydrogen) atoms. The Morgan fingerprint density at radius 3 is 2.28 bits per heavy atom. The summed E-state index contributed by atoms with van der Waals surface area (Å²) in [4.78, 5) is 19.2. The molecular weight excluding hydrogens is 418 g/mol. The second-order valence-electron chi connectivity index (χ2n) is 7.29. The molecule has 0 N–H and O–H groups in total. The molecule has 4 aromatic rings. The van der Waals surface area contributed by atoms with E-state index in [1.165, 1.54) is 11.8 Å². The quantitative estimate of drug-likeness (QED) is 0.362. The van der Waals surface area contributed by atoms with Crippen LogP contribution < -0.4 is 4.90 Å². The number of rotatable bonds is 8. The van der Waals surface area contributed by atoms with Gasteiger partial charge in [-0.1, -0.05) is 60.3 Å².